The van der Waals surface area contributed by atoms with Crippen LogP contribution in [-0.4, -0.2) is 53.7 Å². The van der Waals surface area contributed by atoms with Crippen molar-refractivity contribution in [2.75, 3.05) is 17.7 Å². The summed E-state index contributed by atoms with van der Waals surface area (Å²) in [4.78, 5) is 14.1. The summed E-state index contributed by atoms with van der Waals surface area (Å²) in [5.41, 5.74) is 4.06. The Morgan fingerprint density at radius 1 is 0.705 bits per heavy atom. The number of carbonyl (C=O) groups is 1. The minimum Gasteiger partial charge on any atom is -0.365 e. The van der Waals surface area contributed by atoms with E-state index in [9.17, 15) is 4.79 Å². The van der Waals surface area contributed by atoms with Gasteiger partial charge in [0, 0.05) is 23.5 Å². The van der Waals surface area contributed by atoms with Gasteiger partial charge in [0.1, 0.15) is 6.10 Å². The third kappa shape index (κ3) is 10.9. The number of nitrogens with zero attached hydrogens (tertiary/aromatic N) is 1. The van der Waals surface area contributed by atoms with Crippen LogP contribution < -0.4 is 10.6 Å². The predicted molar refractivity (Wildman–Crippen MR) is 173 cm³/mol. The third-order valence-corrected chi connectivity index (χ3v) is 7.65. The van der Waals surface area contributed by atoms with E-state index in [-0.39, 0.29) is 12.1 Å². The molecule has 2 fully saturated rings. The van der Waals surface area contributed by atoms with Crippen molar-refractivity contribution in [2.24, 2.45) is 0 Å². The maximum Gasteiger partial charge on any atom is 0.394 e. The predicted octanol–water partition coefficient (Wildman–Crippen LogP) is 7.10. The fourth-order valence-corrected chi connectivity index (χ4v) is 5.61. The van der Waals surface area contributed by atoms with Gasteiger partial charge in [-0.3, -0.25) is 9.11 Å². The van der Waals surface area contributed by atoms with Crippen LogP contribution in [0.25, 0.3) is 0 Å². The molecule has 0 aromatic heterocycles. The number of ether oxygens (including phenoxy) is 1. The van der Waals surface area contributed by atoms with E-state index in [1.165, 1.54) is 36.8 Å². The highest BCUT2D eigenvalue weighted by Crippen LogP contribution is 2.38. The lowest BCUT2D eigenvalue weighted by Crippen LogP contribution is -2.43. The van der Waals surface area contributed by atoms with E-state index in [0.717, 1.165) is 11.4 Å². The molecule has 44 heavy (non-hydrogen) atoms. The molecular formula is C34H39N3O6S. The Morgan fingerprint density at radius 2 is 1.05 bits per heavy atom. The Balaban J connectivity index is 0.000000183. The SMILES string of the molecule is CN1C2CCC1CC(OC(c1ccccc1)c1ccccc1)C2.O=C(Nc1ccccc1)Nc1ccccc1.O=S(=O)(O)O. The minimum atomic E-state index is -4.67. The largest absolute Gasteiger partial charge is 0.394 e. The normalized spacial score (nSPS) is 19.1. The number of piperidine rings is 1. The van der Waals surface area contributed by atoms with Crippen LogP contribution in [-0.2, 0) is 15.1 Å². The summed E-state index contributed by atoms with van der Waals surface area (Å²) >= 11 is 0. The van der Waals surface area contributed by atoms with Crippen LogP contribution in [0.3, 0.4) is 0 Å². The van der Waals surface area contributed by atoms with Gasteiger partial charge in [0.05, 0.1) is 6.10 Å². The number of fused-ring (bicyclic) bond motifs is 2. The number of amides is 2. The second kappa shape index (κ2) is 16.1. The van der Waals surface area contributed by atoms with Gasteiger partial charge >= 0.3 is 16.4 Å². The highest BCUT2D eigenvalue weighted by Gasteiger charge is 2.39. The summed E-state index contributed by atoms with van der Waals surface area (Å²) < 4.78 is 38.2. The zero-order valence-electron chi connectivity index (χ0n) is 24.6. The highest BCUT2D eigenvalue weighted by atomic mass is 32.3. The quantitative estimate of drug-likeness (QED) is 0.170. The fourth-order valence-electron chi connectivity index (χ4n) is 5.61. The molecule has 4 aromatic rings. The second-order valence-electron chi connectivity index (χ2n) is 10.7. The highest BCUT2D eigenvalue weighted by molar-refractivity contribution is 7.79. The topological polar surface area (TPSA) is 128 Å². The van der Waals surface area contributed by atoms with Crippen molar-refractivity contribution in [1.29, 1.82) is 0 Å². The van der Waals surface area contributed by atoms with Crippen LogP contribution in [0.2, 0.25) is 0 Å². The molecule has 0 radical (unpaired) electrons. The maximum absolute atomic E-state index is 11.6. The Morgan fingerprint density at radius 3 is 1.41 bits per heavy atom. The first kappa shape index (κ1) is 32.8. The van der Waals surface area contributed by atoms with E-state index in [2.05, 4.69) is 83.2 Å². The zero-order valence-corrected chi connectivity index (χ0v) is 25.4. The van der Waals surface area contributed by atoms with E-state index < -0.39 is 10.4 Å². The summed E-state index contributed by atoms with van der Waals surface area (Å²) in [5, 5.41) is 5.48. The molecule has 4 aromatic carbocycles. The van der Waals surface area contributed by atoms with Crippen LogP contribution in [0.1, 0.15) is 42.9 Å². The zero-order chi connectivity index (χ0) is 31.4. The van der Waals surface area contributed by atoms with E-state index in [1.807, 2.05) is 60.7 Å². The van der Waals surface area contributed by atoms with Crippen molar-refractivity contribution in [3.05, 3.63) is 132 Å². The van der Waals surface area contributed by atoms with Crippen molar-refractivity contribution >= 4 is 27.8 Å². The van der Waals surface area contributed by atoms with Gasteiger partial charge in [-0.15, -0.1) is 0 Å². The molecule has 2 amide bonds. The van der Waals surface area contributed by atoms with E-state index in [4.69, 9.17) is 22.3 Å². The lowest BCUT2D eigenvalue weighted by atomic mass is 9.97. The molecule has 2 atom stereocenters. The number of anilines is 2. The molecule has 0 spiro atoms. The minimum absolute atomic E-state index is 0.0465. The van der Waals surface area contributed by atoms with E-state index in [1.54, 1.807) is 0 Å². The fraction of sp³-hybridized carbons (Fsp3) is 0.265. The van der Waals surface area contributed by atoms with Gasteiger partial charge < -0.3 is 20.3 Å². The second-order valence-corrected chi connectivity index (χ2v) is 11.6. The summed E-state index contributed by atoms with van der Waals surface area (Å²) in [6.45, 7) is 0. The molecule has 2 aliphatic heterocycles. The van der Waals surface area contributed by atoms with Crippen molar-refractivity contribution in [3.8, 4) is 0 Å². The molecule has 6 rings (SSSR count). The number of rotatable bonds is 6. The molecule has 232 valence electrons. The van der Waals surface area contributed by atoms with Crippen molar-refractivity contribution in [2.45, 2.75) is 50.0 Å². The lowest BCUT2D eigenvalue weighted by molar-refractivity contribution is -0.0426. The molecule has 2 saturated heterocycles. The molecule has 2 unspecified atom stereocenters. The summed E-state index contributed by atoms with van der Waals surface area (Å²) in [7, 11) is -2.38. The number of hydrogen-bond acceptors (Lipinski definition) is 5. The van der Waals surface area contributed by atoms with Crippen molar-refractivity contribution < 1.29 is 27.1 Å². The maximum atomic E-state index is 11.6. The lowest BCUT2D eigenvalue weighted by Gasteiger charge is -2.38. The van der Waals surface area contributed by atoms with Gasteiger partial charge in [0.25, 0.3) is 0 Å². The Kier molecular flexibility index (Phi) is 12.0. The van der Waals surface area contributed by atoms with Gasteiger partial charge in [0.15, 0.2) is 0 Å². The molecule has 2 bridgehead atoms. The molecule has 0 aliphatic carbocycles. The van der Waals surface area contributed by atoms with E-state index >= 15 is 0 Å². The number of hydrogen-bond donors (Lipinski definition) is 4. The molecule has 2 aliphatic rings. The van der Waals surface area contributed by atoms with Gasteiger partial charge in [-0.05, 0) is 68.1 Å². The van der Waals surface area contributed by atoms with Crippen LogP contribution in [0.4, 0.5) is 16.2 Å². The van der Waals surface area contributed by atoms with Crippen molar-refractivity contribution in [1.82, 2.24) is 4.90 Å². The van der Waals surface area contributed by atoms with Crippen LogP contribution in [0, 0.1) is 0 Å². The summed E-state index contributed by atoms with van der Waals surface area (Å²) in [5.74, 6) is 0. The van der Waals surface area contributed by atoms with Gasteiger partial charge in [-0.2, -0.15) is 8.42 Å². The van der Waals surface area contributed by atoms with E-state index in [0.29, 0.717) is 18.2 Å². The van der Waals surface area contributed by atoms with Crippen LogP contribution >= 0.6 is 0 Å². The number of benzene rings is 4. The first-order valence-electron chi connectivity index (χ1n) is 14.5. The molecular weight excluding hydrogens is 578 g/mol. The molecule has 0 saturated carbocycles. The number of carbonyl (C=O) groups excluding carboxylic acids is 1. The average molecular weight is 618 g/mol. The van der Waals surface area contributed by atoms with Gasteiger partial charge in [-0.25, -0.2) is 4.79 Å². The third-order valence-electron chi connectivity index (χ3n) is 7.65. The standard InChI is InChI=1S/C21H25NO.C13H12N2O.H2O4S/c1-22-18-12-13-19(22)15-20(14-18)23-21(16-8-4-2-5-9-16)17-10-6-3-7-11-17;16-13(14-11-7-3-1-4-8-11)15-12-9-5-2-6-10-12;1-5(2,3)4/h2-11,18-21H,12-15H2,1H3;1-10H,(H2,14,15,16);(H2,1,2,3,4). The summed E-state index contributed by atoms with van der Waals surface area (Å²) in [6.07, 6.45) is 5.43. The number of para-hydroxylation sites is 2. The Labute approximate surface area is 259 Å². The smallest absolute Gasteiger partial charge is 0.365 e. The number of urea groups is 1. The monoisotopic (exact) mass is 617 g/mol. The van der Waals surface area contributed by atoms with Gasteiger partial charge in [0.2, 0.25) is 0 Å². The number of nitrogens with one attached hydrogen (secondary N) is 2. The molecule has 2 heterocycles. The summed E-state index contributed by atoms with van der Waals surface area (Å²) in [6, 6.07) is 41.1. The Bertz CT molecular complexity index is 1420. The molecule has 9 nitrogen and oxygen atoms in total. The van der Waals surface area contributed by atoms with Crippen molar-refractivity contribution in [3.63, 3.8) is 0 Å². The van der Waals surface area contributed by atoms with Crippen LogP contribution in [0.5, 0.6) is 0 Å². The first-order chi connectivity index (χ1) is 21.2. The van der Waals surface area contributed by atoms with Gasteiger partial charge in [-0.1, -0.05) is 97.1 Å². The molecule has 10 heteroatoms. The average Bonchev–Trinajstić information content (AvgIpc) is 3.21. The molecule has 4 N–H and O–H groups in total. The van der Waals surface area contributed by atoms with Crippen LogP contribution in [0.15, 0.2) is 121 Å². The first-order valence-corrected chi connectivity index (χ1v) is 15.9. The Hall–Kier alpha value is -4.06.